The van der Waals surface area contributed by atoms with Crippen LogP contribution in [0.15, 0.2) is 44.8 Å². The first-order valence-corrected chi connectivity index (χ1v) is 6.97. The lowest BCUT2D eigenvalue weighted by Crippen LogP contribution is -1.99. The molecule has 0 amide bonds. The summed E-state index contributed by atoms with van der Waals surface area (Å²) in [6, 6.07) is 8.10. The highest BCUT2D eigenvalue weighted by Crippen LogP contribution is 2.36. The Hall–Kier alpha value is -1.33. The van der Waals surface area contributed by atoms with E-state index >= 15 is 0 Å². The number of sulfone groups is 1. The smallest absolute Gasteiger partial charge is 0.219 e. The van der Waals surface area contributed by atoms with Gasteiger partial charge in [-0.3, -0.25) is 0 Å². The molecular formula is C11H10O3S2. The number of aryl methyl sites for hydroxylation is 1. The molecule has 1 heterocycles. The molecule has 0 saturated carbocycles. The highest BCUT2D eigenvalue weighted by Gasteiger charge is 2.24. The first kappa shape index (κ1) is 11.2. The second-order valence-electron chi connectivity index (χ2n) is 3.37. The molecule has 2 aromatic rings. The fourth-order valence-corrected chi connectivity index (χ4v) is 4.06. The third kappa shape index (κ3) is 1.72. The Labute approximate surface area is 97.9 Å². The molecule has 1 N–H and O–H groups in total. The highest BCUT2D eigenvalue weighted by atomic mass is 32.2. The van der Waals surface area contributed by atoms with Gasteiger partial charge in [-0.15, -0.1) is 11.3 Å². The van der Waals surface area contributed by atoms with Gasteiger partial charge in [-0.25, -0.2) is 8.42 Å². The van der Waals surface area contributed by atoms with Gasteiger partial charge >= 0.3 is 0 Å². The molecule has 0 fully saturated rings. The first-order chi connectivity index (χ1) is 7.53. The highest BCUT2D eigenvalue weighted by molar-refractivity contribution is 7.93. The fraction of sp³-hybridized carbons (Fsp3) is 0.0909. The summed E-state index contributed by atoms with van der Waals surface area (Å²) in [7, 11) is -3.58. The molecule has 0 saturated heterocycles. The number of rotatable bonds is 2. The van der Waals surface area contributed by atoms with Crippen LogP contribution in [0.5, 0.6) is 5.75 Å². The van der Waals surface area contributed by atoms with Crippen molar-refractivity contribution in [2.24, 2.45) is 0 Å². The average Bonchev–Trinajstić information content (AvgIpc) is 2.61. The second-order valence-corrected chi connectivity index (χ2v) is 6.40. The van der Waals surface area contributed by atoms with Gasteiger partial charge in [-0.2, -0.15) is 0 Å². The Morgan fingerprint density at radius 2 is 1.81 bits per heavy atom. The summed E-state index contributed by atoms with van der Waals surface area (Å²) in [4.78, 5) is 0.201. The van der Waals surface area contributed by atoms with Crippen molar-refractivity contribution < 1.29 is 13.5 Å². The summed E-state index contributed by atoms with van der Waals surface area (Å²) >= 11 is 1.04. The number of benzene rings is 1. The van der Waals surface area contributed by atoms with Gasteiger partial charge in [0.2, 0.25) is 9.84 Å². The number of hydrogen-bond donors (Lipinski definition) is 1. The molecule has 0 aliphatic heterocycles. The fourth-order valence-electron chi connectivity index (χ4n) is 1.31. The van der Waals surface area contributed by atoms with Gasteiger partial charge < -0.3 is 5.11 Å². The summed E-state index contributed by atoms with van der Waals surface area (Å²) in [6.07, 6.45) is 0. The minimum Gasteiger partial charge on any atom is -0.505 e. The molecule has 0 bridgehead atoms. The summed E-state index contributed by atoms with van der Waals surface area (Å²) in [5.41, 5.74) is 0.583. The van der Waals surface area contributed by atoms with E-state index in [1.807, 2.05) is 0 Å². The van der Waals surface area contributed by atoms with E-state index in [1.165, 1.54) is 12.1 Å². The van der Waals surface area contributed by atoms with Crippen molar-refractivity contribution in [1.82, 2.24) is 0 Å². The van der Waals surface area contributed by atoms with Gasteiger partial charge in [0.15, 0.2) is 4.21 Å². The predicted molar refractivity (Wildman–Crippen MR) is 62.6 cm³/mol. The lowest BCUT2D eigenvalue weighted by molar-refractivity contribution is 0.460. The lowest BCUT2D eigenvalue weighted by atomic mass is 10.4. The molecule has 16 heavy (non-hydrogen) atoms. The van der Waals surface area contributed by atoms with Crippen molar-refractivity contribution in [3.05, 3.63) is 41.3 Å². The maximum atomic E-state index is 12.1. The molecule has 0 unspecified atom stereocenters. The van der Waals surface area contributed by atoms with E-state index in [9.17, 15) is 13.5 Å². The van der Waals surface area contributed by atoms with Crippen molar-refractivity contribution in [1.29, 1.82) is 0 Å². The van der Waals surface area contributed by atoms with E-state index in [0.29, 0.717) is 5.56 Å². The van der Waals surface area contributed by atoms with Crippen molar-refractivity contribution in [3.8, 4) is 5.75 Å². The van der Waals surface area contributed by atoms with E-state index < -0.39 is 9.84 Å². The molecule has 0 radical (unpaired) electrons. The zero-order valence-corrected chi connectivity index (χ0v) is 10.2. The van der Waals surface area contributed by atoms with Gasteiger partial charge in [0.05, 0.1) is 4.90 Å². The summed E-state index contributed by atoms with van der Waals surface area (Å²) in [6.45, 7) is 1.68. The molecule has 1 aromatic carbocycles. The predicted octanol–water partition coefficient (Wildman–Crippen LogP) is 2.59. The van der Waals surface area contributed by atoms with Crippen LogP contribution in [-0.2, 0) is 9.84 Å². The maximum absolute atomic E-state index is 12.1. The Balaban J connectivity index is 2.61. The third-order valence-corrected chi connectivity index (χ3v) is 5.61. The van der Waals surface area contributed by atoms with Crippen LogP contribution in [0.2, 0.25) is 0 Å². The van der Waals surface area contributed by atoms with Crippen LogP contribution >= 0.6 is 11.3 Å². The number of thiophene rings is 1. The largest absolute Gasteiger partial charge is 0.505 e. The molecule has 5 heteroatoms. The van der Waals surface area contributed by atoms with Crippen molar-refractivity contribution in [2.75, 3.05) is 0 Å². The molecule has 0 aliphatic rings. The normalized spacial score (nSPS) is 11.6. The topological polar surface area (TPSA) is 54.4 Å². The van der Waals surface area contributed by atoms with E-state index in [2.05, 4.69) is 0 Å². The third-order valence-electron chi connectivity index (χ3n) is 2.21. The average molecular weight is 254 g/mol. The van der Waals surface area contributed by atoms with E-state index in [4.69, 9.17) is 0 Å². The first-order valence-electron chi connectivity index (χ1n) is 4.60. The van der Waals surface area contributed by atoms with Crippen LogP contribution in [0.3, 0.4) is 0 Å². The van der Waals surface area contributed by atoms with E-state index in [0.717, 1.165) is 11.3 Å². The lowest BCUT2D eigenvalue weighted by Gasteiger charge is -2.02. The summed E-state index contributed by atoms with van der Waals surface area (Å²) < 4.78 is 24.2. The van der Waals surface area contributed by atoms with Gasteiger partial charge in [0.1, 0.15) is 5.75 Å². The number of hydrogen-bond acceptors (Lipinski definition) is 4. The maximum Gasteiger partial charge on any atom is 0.219 e. The molecule has 0 spiro atoms. The molecule has 0 atom stereocenters. The van der Waals surface area contributed by atoms with Crippen molar-refractivity contribution in [3.63, 3.8) is 0 Å². The van der Waals surface area contributed by atoms with E-state index in [1.54, 1.807) is 30.5 Å². The summed E-state index contributed by atoms with van der Waals surface area (Å²) in [5.74, 6) is -0.145. The van der Waals surface area contributed by atoms with Crippen LogP contribution in [0.4, 0.5) is 0 Å². The minimum atomic E-state index is -3.58. The quantitative estimate of drug-likeness (QED) is 0.896. The standard InChI is InChI=1S/C11H10O3S2/c1-8-7-15-11(10(8)12)16(13,14)9-5-3-2-4-6-9/h2-7,12H,1H3. The zero-order chi connectivity index (χ0) is 11.8. The Morgan fingerprint density at radius 1 is 1.19 bits per heavy atom. The SMILES string of the molecule is Cc1csc(S(=O)(=O)c2ccccc2)c1O. The molecule has 3 nitrogen and oxygen atoms in total. The van der Waals surface area contributed by atoms with Gasteiger partial charge in [0, 0.05) is 5.56 Å². The van der Waals surface area contributed by atoms with Crippen LogP contribution in [0.25, 0.3) is 0 Å². The Bertz CT molecular complexity index is 597. The number of aromatic hydroxyl groups is 1. The van der Waals surface area contributed by atoms with Crippen LogP contribution in [0, 0.1) is 6.92 Å². The van der Waals surface area contributed by atoms with Crippen LogP contribution < -0.4 is 0 Å². The Kier molecular flexibility index (Phi) is 2.73. The monoisotopic (exact) mass is 254 g/mol. The zero-order valence-electron chi connectivity index (χ0n) is 8.54. The summed E-state index contributed by atoms with van der Waals surface area (Å²) in [5, 5.41) is 11.3. The minimum absolute atomic E-state index is 0.0104. The van der Waals surface area contributed by atoms with Crippen molar-refractivity contribution >= 4 is 21.2 Å². The molecule has 0 aliphatic carbocycles. The second kappa shape index (κ2) is 3.92. The Morgan fingerprint density at radius 3 is 2.31 bits per heavy atom. The van der Waals surface area contributed by atoms with Gasteiger partial charge in [0.25, 0.3) is 0 Å². The molecule has 1 aromatic heterocycles. The molecule has 2 rings (SSSR count). The van der Waals surface area contributed by atoms with Gasteiger partial charge in [-0.05, 0) is 24.4 Å². The van der Waals surface area contributed by atoms with Gasteiger partial charge in [-0.1, -0.05) is 18.2 Å². The van der Waals surface area contributed by atoms with Crippen LogP contribution in [-0.4, -0.2) is 13.5 Å². The van der Waals surface area contributed by atoms with Crippen molar-refractivity contribution in [2.45, 2.75) is 16.0 Å². The molecular weight excluding hydrogens is 244 g/mol. The molecule has 84 valence electrons. The van der Waals surface area contributed by atoms with Crippen LogP contribution in [0.1, 0.15) is 5.56 Å². The van der Waals surface area contributed by atoms with E-state index in [-0.39, 0.29) is 14.9 Å².